The lowest BCUT2D eigenvalue weighted by molar-refractivity contribution is -0.276. The fourth-order valence-electron chi connectivity index (χ4n) is 1.56. The van der Waals surface area contributed by atoms with Crippen molar-refractivity contribution in [3.8, 4) is 11.6 Å². The maximum absolute atomic E-state index is 12.4. The molecule has 1 heterocycles. The third-order valence-corrected chi connectivity index (χ3v) is 2.87. The van der Waals surface area contributed by atoms with Gasteiger partial charge in [0.15, 0.2) is 5.75 Å². The molecular formula is C12H13BrF3NO4. The zero-order chi connectivity index (χ0) is 16.0. The Hall–Kier alpha value is -1.51. The first-order chi connectivity index (χ1) is 9.80. The summed E-state index contributed by atoms with van der Waals surface area (Å²) < 4.78 is 50.6. The fraction of sp³-hybridized carbons (Fsp3) is 0.500. The first-order valence-corrected chi connectivity index (χ1v) is 6.97. The number of rotatable bonds is 6. The van der Waals surface area contributed by atoms with Crippen molar-refractivity contribution in [2.24, 2.45) is 0 Å². The van der Waals surface area contributed by atoms with Gasteiger partial charge in [-0.2, -0.15) is 0 Å². The zero-order valence-electron chi connectivity index (χ0n) is 11.3. The number of methoxy groups -OCH3 is 1. The molecule has 0 spiro atoms. The number of hydrogen-bond donors (Lipinski definition) is 0. The molecule has 0 aliphatic carbocycles. The Morgan fingerprint density at radius 2 is 2.10 bits per heavy atom. The van der Waals surface area contributed by atoms with Crippen LogP contribution in [0.4, 0.5) is 13.2 Å². The summed E-state index contributed by atoms with van der Waals surface area (Å²) in [5, 5.41) is 0.211. The number of alkyl halides is 4. The summed E-state index contributed by atoms with van der Waals surface area (Å²) in [6.07, 6.45) is -5.17. The minimum absolute atomic E-state index is 0.1000. The Bertz CT molecular complexity index is 508. The van der Waals surface area contributed by atoms with Gasteiger partial charge < -0.3 is 14.2 Å². The lowest BCUT2D eigenvalue weighted by Gasteiger charge is -2.15. The maximum Gasteiger partial charge on any atom is 0.574 e. The topological polar surface area (TPSA) is 57.7 Å². The van der Waals surface area contributed by atoms with Gasteiger partial charge in [-0.15, -0.1) is 13.2 Å². The summed E-state index contributed by atoms with van der Waals surface area (Å²) in [7, 11) is 1.21. The first kappa shape index (κ1) is 17.5. The first-order valence-electron chi connectivity index (χ1n) is 5.84. The number of esters is 1. The second-order valence-corrected chi connectivity index (χ2v) is 4.34. The van der Waals surface area contributed by atoms with Gasteiger partial charge in [0.25, 0.3) is 5.88 Å². The Morgan fingerprint density at radius 1 is 1.43 bits per heavy atom. The van der Waals surface area contributed by atoms with Crippen molar-refractivity contribution in [2.45, 2.75) is 25.0 Å². The molecule has 0 aliphatic rings. The predicted molar refractivity (Wildman–Crippen MR) is 70.4 cm³/mol. The SMILES string of the molecule is CCOC(=O)Cc1cc(CBr)c(OC)c(OC(F)(F)F)n1. The van der Waals surface area contributed by atoms with Gasteiger partial charge in [-0.05, 0) is 13.0 Å². The normalized spacial score (nSPS) is 11.1. The summed E-state index contributed by atoms with van der Waals surface area (Å²) in [4.78, 5) is 15.1. The summed E-state index contributed by atoms with van der Waals surface area (Å²) in [6.45, 7) is 1.80. The molecule has 0 unspecified atom stereocenters. The lowest BCUT2D eigenvalue weighted by Crippen LogP contribution is -2.19. The molecule has 0 aliphatic heterocycles. The molecule has 1 rings (SSSR count). The monoisotopic (exact) mass is 371 g/mol. The van der Waals surface area contributed by atoms with Gasteiger partial charge in [-0.3, -0.25) is 4.79 Å². The highest BCUT2D eigenvalue weighted by Gasteiger charge is 2.34. The summed E-state index contributed by atoms with van der Waals surface area (Å²) in [5.41, 5.74) is 0.481. The van der Waals surface area contributed by atoms with Crippen molar-refractivity contribution in [1.82, 2.24) is 4.98 Å². The van der Waals surface area contributed by atoms with Gasteiger partial charge in [0.2, 0.25) is 0 Å². The molecule has 0 fully saturated rings. The number of nitrogens with zero attached hydrogens (tertiary/aromatic N) is 1. The standard InChI is InChI=1S/C12H13BrF3NO4/c1-3-20-9(18)5-8-4-7(6-13)10(19-2)11(17-8)21-12(14,15)16/h4H,3,5-6H2,1-2H3. The van der Waals surface area contributed by atoms with E-state index in [0.29, 0.717) is 5.56 Å². The number of carbonyl (C=O) groups excluding carboxylic acids is 1. The number of aromatic nitrogens is 1. The van der Waals surface area contributed by atoms with Crippen LogP contribution < -0.4 is 9.47 Å². The Labute approximate surface area is 127 Å². The Morgan fingerprint density at radius 3 is 2.57 bits per heavy atom. The van der Waals surface area contributed by atoms with Crippen LogP contribution in [0.15, 0.2) is 6.07 Å². The Kier molecular flexibility index (Phi) is 6.25. The van der Waals surface area contributed by atoms with E-state index in [9.17, 15) is 18.0 Å². The van der Waals surface area contributed by atoms with Gasteiger partial charge in [0.05, 0.1) is 25.8 Å². The molecule has 1 aromatic heterocycles. The molecule has 5 nitrogen and oxygen atoms in total. The van der Waals surface area contributed by atoms with Gasteiger partial charge in [-0.25, -0.2) is 4.98 Å². The highest BCUT2D eigenvalue weighted by molar-refractivity contribution is 9.08. The molecule has 21 heavy (non-hydrogen) atoms. The molecular weight excluding hydrogens is 359 g/mol. The summed E-state index contributed by atoms with van der Waals surface area (Å²) in [5.74, 6) is -1.47. The van der Waals surface area contributed by atoms with Crippen molar-refractivity contribution in [3.05, 3.63) is 17.3 Å². The van der Waals surface area contributed by atoms with Crippen LogP contribution >= 0.6 is 15.9 Å². The molecule has 1 aromatic rings. The largest absolute Gasteiger partial charge is 0.574 e. The lowest BCUT2D eigenvalue weighted by atomic mass is 10.2. The molecule has 0 amide bonds. The van der Waals surface area contributed by atoms with Crippen molar-refractivity contribution < 1.29 is 32.2 Å². The third kappa shape index (κ3) is 5.41. The van der Waals surface area contributed by atoms with Crippen LogP contribution in [0.3, 0.4) is 0 Å². The average Bonchev–Trinajstić information content (AvgIpc) is 2.36. The summed E-state index contributed by atoms with van der Waals surface area (Å²) >= 11 is 3.13. The van der Waals surface area contributed by atoms with Crippen LogP contribution in [0.25, 0.3) is 0 Å². The molecule has 118 valence electrons. The van der Waals surface area contributed by atoms with Gasteiger partial charge in [0, 0.05) is 10.9 Å². The van der Waals surface area contributed by atoms with Gasteiger partial charge >= 0.3 is 12.3 Å². The molecule has 0 saturated carbocycles. The molecule has 0 aromatic carbocycles. The number of ether oxygens (including phenoxy) is 3. The van der Waals surface area contributed by atoms with E-state index in [2.05, 4.69) is 25.7 Å². The van der Waals surface area contributed by atoms with Crippen molar-refractivity contribution in [2.75, 3.05) is 13.7 Å². The third-order valence-electron chi connectivity index (χ3n) is 2.26. The van der Waals surface area contributed by atoms with Crippen LogP contribution in [0, 0.1) is 0 Å². The minimum Gasteiger partial charge on any atom is -0.491 e. The van der Waals surface area contributed by atoms with Crippen LogP contribution in [0.2, 0.25) is 0 Å². The van der Waals surface area contributed by atoms with E-state index in [-0.39, 0.29) is 29.8 Å². The van der Waals surface area contributed by atoms with Crippen molar-refractivity contribution in [1.29, 1.82) is 0 Å². The molecule has 0 atom stereocenters. The van der Waals surface area contributed by atoms with E-state index in [4.69, 9.17) is 9.47 Å². The number of hydrogen-bond acceptors (Lipinski definition) is 5. The molecule has 9 heteroatoms. The predicted octanol–water partition coefficient (Wildman–Crippen LogP) is 2.99. The van der Waals surface area contributed by atoms with Crippen LogP contribution in [0.1, 0.15) is 18.2 Å². The quantitative estimate of drug-likeness (QED) is 0.568. The van der Waals surface area contributed by atoms with Gasteiger partial charge in [0.1, 0.15) is 0 Å². The summed E-state index contributed by atoms with van der Waals surface area (Å²) in [6, 6.07) is 1.45. The highest BCUT2D eigenvalue weighted by atomic mass is 79.9. The second-order valence-electron chi connectivity index (χ2n) is 3.77. The number of carbonyl (C=O) groups is 1. The Balaban J connectivity index is 3.16. The van der Waals surface area contributed by atoms with E-state index in [1.165, 1.54) is 13.2 Å². The van der Waals surface area contributed by atoms with E-state index in [1.807, 2.05) is 0 Å². The maximum atomic E-state index is 12.4. The molecule has 0 saturated heterocycles. The van der Waals surface area contributed by atoms with E-state index in [1.54, 1.807) is 6.92 Å². The fourth-order valence-corrected chi connectivity index (χ4v) is 1.98. The highest BCUT2D eigenvalue weighted by Crippen LogP contribution is 2.35. The second kappa shape index (κ2) is 7.48. The zero-order valence-corrected chi connectivity index (χ0v) is 12.9. The van der Waals surface area contributed by atoms with Crippen LogP contribution in [0.5, 0.6) is 11.6 Å². The van der Waals surface area contributed by atoms with E-state index in [0.717, 1.165) is 0 Å². The molecule has 0 N–H and O–H groups in total. The number of pyridine rings is 1. The molecule has 0 bridgehead atoms. The van der Waals surface area contributed by atoms with Crippen LogP contribution in [-0.4, -0.2) is 31.0 Å². The average molecular weight is 372 g/mol. The van der Waals surface area contributed by atoms with Gasteiger partial charge in [-0.1, -0.05) is 15.9 Å². The van der Waals surface area contributed by atoms with Crippen molar-refractivity contribution >= 4 is 21.9 Å². The van der Waals surface area contributed by atoms with E-state index >= 15 is 0 Å². The minimum atomic E-state index is -4.91. The number of halogens is 4. The van der Waals surface area contributed by atoms with E-state index < -0.39 is 18.2 Å². The smallest absolute Gasteiger partial charge is 0.491 e. The molecule has 0 radical (unpaired) electrons. The van der Waals surface area contributed by atoms with Crippen molar-refractivity contribution in [3.63, 3.8) is 0 Å². The van der Waals surface area contributed by atoms with Crippen LogP contribution in [-0.2, 0) is 21.3 Å².